The molecule has 112 valence electrons. The van der Waals surface area contributed by atoms with Gasteiger partial charge in [-0.15, -0.1) is 0 Å². The van der Waals surface area contributed by atoms with Crippen LogP contribution >= 0.6 is 0 Å². The Labute approximate surface area is 118 Å². The van der Waals surface area contributed by atoms with Crippen LogP contribution in [0.4, 0.5) is 5.69 Å². The smallest absolute Gasteiger partial charge is 0.326 e. The molecule has 9 nitrogen and oxygen atoms in total. The van der Waals surface area contributed by atoms with E-state index in [1.807, 2.05) is 5.32 Å². The molecule has 1 atom stereocenters. The van der Waals surface area contributed by atoms with Crippen molar-refractivity contribution >= 4 is 23.5 Å². The van der Waals surface area contributed by atoms with Crippen LogP contribution in [0.3, 0.4) is 0 Å². The average Bonchev–Trinajstić information content (AvgIpc) is 2.36. The van der Waals surface area contributed by atoms with Crippen LogP contribution in [0.25, 0.3) is 0 Å². The van der Waals surface area contributed by atoms with Crippen LogP contribution in [0.1, 0.15) is 22.3 Å². The summed E-state index contributed by atoms with van der Waals surface area (Å²) in [6, 6.07) is 2.31. The summed E-state index contributed by atoms with van der Waals surface area (Å²) in [5.41, 5.74) is 4.74. The maximum Gasteiger partial charge on any atom is 0.326 e. The molecule has 1 aromatic carbocycles. The highest BCUT2D eigenvalue weighted by Crippen LogP contribution is 2.19. The first kappa shape index (κ1) is 16.1. The van der Waals surface area contributed by atoms with Gasteiger partial charge in [0, 0.05) is 6.07 Å². The predicted octanol–water partition coefficient (Wildman–Crippen LogP) is -0.0384. The topological polar surface area (TPSA) is 153 Å². The Morgan fingerprint density at radius 1 is 1.43 bits per heavy atom. The van der Waals surface area contributed by atoms with Gasteiger partial charge in [0.1, 0.15) is 11.6 Å². The van der Waals surface area contributed by atoms with Crippen LogP contribution in [-0.4, -0.2) is 33.9 Å². The first-order valence-electron chi connectivity index (χ1n) is 5.79. The van der Waals surface area contributed by atoms with Crippen LogP contribution < -0.4 is 11.1 Å². The number of primary amides is 1. The van der Waals surface area contributed by atoms with E-state index in [0.717, 1.165) is 6.07 Å². The highest BCUT2D eigenvalue weighted by atomic mass is 16.6. The molecule has 0 aliphatic rings. The van der Waals surface area contributed by atoms with E-state index in [1.165, 1.54) is 12.1 Å². The van der Waals surface area contributed by atoms with E-state index >= 15 is 0 Å². The van der Waals surface area contributed by atoms with Gasteiger partial charge in [0.05, 0.1) is 11.3 Å². The molecule has 21 heavy (non-hydrogen) atoms. The molecule has 9 heteroatoms. The standard InChI is InChI=1S/C12H13N3O6/c1-6-2-3-9(15(20)21)7(4-6)11(17)14-8(12(18)19)5-10(13)16/h2-4,8H,5H2,1H3,(H2,13,16)(H,14,17)(H,18,19)/t8-/m0/s1. The van der Waals surface area contributed by atoms with E-state index in [1.54, 1.807) is 6.92 Å². The fraction of sp³-hybridized carbons (Fsp3) is 0.250. The van der Waals surface area contributed by atoms with Gasteiger partial charge in [-0.05, 0) is 18.6 Å². The summed E-state index contributed by atoms with van der Waals surface area (Å²) in [5, 5.41) is 21.8. The summed E-state index contributed by atoms with van der Waals surface area (Å²) >= 11 is 0. The fourth-order valence-corrected chi connectivity index (χ4v) is 1.63. The van der Waals surface area contributed by atoms with E-state index < -0.39 is 40.9 Å². The number of rotatable bonds is 6. The van der Waals surface area contributed by atoms with Gasteiger partial charge in [-0.1, -0.05) is 6.07 Å². The van der Waals surface area contributed by atoms with E-state index in [4.69, 9.17) is 10.8 Å². The summed E-state index contributed by atoms with van der Waals surface area (Å²) in [6.45, 7) is 1.62. The number of nitro groups is 1. The number of nitrogens with zero attached hydrogens (tertiary/aromatic N) is 1. The molecule has 0 saturated heterocycles. The molecular weight excluding hydrogens is 282 g/mol. The summed E-state index contributed by atoms with van der Waals surface area (Å²) in [7, 11) is 0. The van der Waals surface area contributed by atoms with E-state index in [2.05, 4.69) is 0 Å². The molecular formula is C12H13N3O6. The predicted molar refractivity (Wildman–Crippen MR) is 70.5 cm³/mol. The Hall–Kier alpha value is -2.97. The summed E-state index contributed by atoms with van der Waals surface area (Å²) in [5.74, 6) is -3.34. The number of benzene rings is 1. The lowest BCUT2D eigenvalue weighted by molar-refractivity contribution is -0.385. The molecule has 0 aliphatic carbocycles. The third-order valence-electron chi connectivity index (χ3n) is 2.60. The molecule has 0 spiro atoms. The number of amides is 2. The Kier molecular flexibility index (Phi) is 4.95. The van der Waals surface area contributed by atoms with Gasteiger partial charge in [-0.3, -0.25) is 19.7 Å². The number of nitrogens with two attached hydrogens (primary N) is 1. The van der Waals surface area contributed by atoms with Gasteiger partial charge in [-0.25, -0.2) is 4.79 Å². The van der Waals surface area contributed by atoms with Crippen molar-refractivity contribution in [3.05, 3.63) is 39.4 Å². The second-order valence-corrected chi connectivity index (χ2v) is 4.31. The lowest BCUT2D eigenvalue weighted by Gasteiger charge is -2.13. The maximum absolute atomic E-state index is 12.0. The Morgan fingerprint density at radius 3 is 2.52 bits per heavy atom. The number of carboxylic acid groups (broad SMARTS) is 1. The fourth-order valence-electron chi connectivity index (χ4n) is 1.63. The van der Waals surface area contributed by atoms with Crippen LogP contribution in [-0.2, 0) is 9.59 Å². The zero-order valence-electron chi connectivity index (χ0n) is 11.0. The number of carboxylic acids is 1. The minimum Gasteiger partial charge on any atom is -0.480 e. The highest BCUT2D eigenvalue weighted by molar-refractivity contribution is 6.00. The highest BCUT2D eigenvalue weighted by Gasteiger charge is 2.26. The number of aliphatic carboxylic acids is 1. The number of hydrogen-bond acceptors (Lipinski definition) is 5. The third kappa shape index (κ3) is 4.27. The molecule has 0 radical (unpaired) electrons. The van der Waals surface area contributed by atoms with Crippen molar-refractivity contribution in [2.45, 2.75) is 19.4 Å². The van der Waals surface area contributed by atoms with Crippen LogP contribution in [0, 0.1) is 17.0 Å². The Balaban J connectivity index is 3.07. The minimum atomic E-state index is -1.55. The Bertz CT molecular complexity index is 613. The zero-order chi connectivity index (χ0) is 16.2. The van der Waals surface area contributed by atoms with Gasteiger partial charge in [0.25, 0.3) is 11.6 Å². The van der Waals surface area contributed by atoms with Crippen molar-refractivity contribution in [1.82, 2.24) is 5.32 Å². The van der Waals surface area contributed by atoms with Crippen LogP contribution in [0.2, 0.25) is 0 Å². The molecule has 0 fully saturated rings. The van der Waals surface area contributed by atoms with E-state index in [-0.39, 0.29) is 5.56 Å². The molecule has 4 N–H and O–H groups in total. The summed E-state index contributed by atoms with van der Waals surface area (Å²) < 4.78 is 0. The first-order chi connectivity index (χ1) is 9.72. The van der Waals surface area contributed by atoms with E-state index in [0.29, 0.717) is 5.56 Å². The normalized spacial score (nSPS) is 11.5. The Morgan fingerprint density at radius 2 is 2.05 bits per heavy atom. The second-order valence-electron chi connectivity index (χ2n) is 4.31. The number of nitrogens with one attached hydrogen (secondary N) is 1. The van der Waals surface area contributed by atoms with Crippen molar-refractivity contribution in [1.29, 1.82) is 0 Å². The molecule has 0 aromatic heterocycles. The van der Waals surface area contributed by atoms with Crippen molar-refractivity contribution in [3.8, 4) is 0 Å². The lowest BCUT2D eigenvalue weighted by atomic mass is 10.1. The number of carbonyl (C=O) groups excluding carboxylic acids is 2. The van der Waals surface area contributed by atoms with Gasteiger partial charge >= 0.3 is 5.97 Å². The summed E-state index contributed by atoms with van der Waals surface area (Å²) in [4.78, 5) is 43.8. The average molecular weight is 295 g/mol. The molecule has 0 heterocycles. The monoisotopic (exact) mass is 295 g/mol. The largest absolute Gasteiger partial charge is 0.480 e. The van der Waals surface area contributed by atoms with Gasteiger partial charge in [-0.2, -0.15) is 0 Å². The minimum absolute atomic E-state index is 0.282. The molecule has 0 bridgehead atoms. The summed E-state index contributed by atoms with van der Waals surface area (Å²) in [6.07, 6.45) is -0.610. The maximum atomic E-state index is 12.0. The number of nitro benzene ring substituents is 1. The van der Waals surface area contributed by atoms with Gasteiger partial charge in [0.15, 0.2) is 0 Å². The molecule has 0 unspecified atom stereocenters. The quantitative estimate of drug-likeness (QED) is 0.494. The van der Waals surface area contributed by atoms with Crippen LogP contribution in [0.5, 0.6) is 0 Å². The molecule has 2 amide bonds. The third-order valence-corrected chi connectivity index (χ3v) is 2.60. The van der Waals surface area contributed by atoms with Crippen molar-refractivity contribution in [2.24, 2.45) is 5.73 Å². The SMILES string of the molecule is Cc1ccc([N+](=O)[O-])c(C(=O)N[C@@H](CC(N)=O)C(=O)O)c1. The number of hydrogen-bond donors (Lipinski definition) is 3. The molecule has 1 rings (SSSR count). The van der Waals surface area contributed by atoms with Gasteiger partial charge < -0.3 is 16.2 Å². The molecule has 1 aromatic rings. The first-order valence-corrected chi connectivity index (χ1v) is 5.79. The van der Waals surface area contributed by atoms with E-state index in [9.17, 15) is 24.5 Å². The number of aryl methyl sites for hydroxylation is 1. The van der Waals surface area contributed by atoms with Gasteiger partial charge in [0.2, 0.25) is 5.91 Å². The second kappa shape index (κ2) is 6.46. The van der Waals surface area contributed by atoms with Crippen molar-refractivity contribution in [3.63, 3.8) is 0 Å². The molecule has 0 aliphatic heterocycles. The van der Waals surface area contributed by atoms with Crippen molar-refractivity contribution < 1.29 is 24.4 Å². The van der Waals surface area contributed by atoms with Crippen LogP contribution in [0.15, 0.2) is 18.2 Å². The lowest BCUT2D eigenvalue weighted by Crippen LogP contribution is -2.43. The number of carbonyl (C=O) groups is 3. The van der Waals surface area contributed by atoms with Crippen molar-refractivity contribution in [2.75, 3.05) is 0 Å². The molecule has 0 saturated carbocycles. The zero-order valence-corrected chi connectivity index (χ0v) is 11.0.